The Hall–Kier alpha value is -1.36. The summed E-state index contributed by atoms with van der Waals surface area (Å²) in [7, 11) is -4.29. The van der Waals surface area contributed by atoms with E-state index in [0.717, 1.165) is 0 Å². The lowest BCUT2D eigenvalue weighted by Gasteiger charge is -2.28. The molecule has 116 valence electrons. The Morgan fingerprint density at radius 3 is 3.05 bits per heavy atom. The average molecular weight is 322 g/mol. The minimum atomic E-state index is -4.29. The van der Waals surface area contributed by atoms with Crippen molar-refractivity contribution >= 4 is 7.82 Å². The minimum Gasteiger partial charge on any atom is -0.846 e. The van der Waals surface area contributed by atoms with Crippen molar-refractivity contribution in [1.29, 1.82) is 5.41 Å². The lowest BCUT2D eigenvalue weighted by molar-refractivity contribution is -0.292. The van der Waals surface area contributed by atoms with Crippen molar-refractivity contribution in [3.63, 3.8) is 0 Å². The van der Waals surface area contributed by atoms with Crippen LogP contribution in [0.15, 0.2) is 6.20 Å². The van der Waals surface area contributed by atoms with E-state index in [1.165, 1.54) is 0 Å². The molecule has 0 spiro atoms. The molecular weight excluding hydrogens is 312 g/mol. The maximum atomic E-state index is 13.3. The molecule has 2 aliphatic rings. The number of nitrogens with one attached hydrogen (secondary N) is 1. The van der Waals surface area contributed by atoms with Gasteiger partial charge >= 0.3 is 7.82 Å². The van der Waals surface area contributed by atoms with Gasteiger partial charge in [-0.05, 0) is 0 Å². The van der Waals surface area contributed by atoms with Crippen LogP contribution in [0.4, 0.5) is 4.39 Å². The fourth-order valence-corrected chi connectivity index (χ4v) is 3.16. The van der Waals surface area contributed by atoms with Gasteiger partial charge in [0.15, 0.2) is 17.5 Å². The number of hydrogen-bond acceptors (Lipinski definition) is 8. The predicted octanol–water partition coefficient (Wildman–Crippen LogP) is -1.65. The van der Waals surface area contributed by atoms with E-state index in [0.29, 0.717) is 10.8 Å². The molecule has 0 bridgehead atoms. The van der Waals surface area contributed by atoms with Gasteiger partial charge in [-0.15, -0.1) is 0 Å². The fourth-order valence-electron chi connectivity index (χ4n) is 2.19. The van der Waals surface area contributed by atoms with Gasteiger partial charge in [0.25, 0.3) is 0 Å². The minimum absolute atomic E-state index is 0.326. The van der Waals surface area contributed by atoms with E-state index in [1.807, 2.05) is 0 Å². The standard InChI is InChI=1S/C9H11FN3O7P/c10-3-1-13(9(15)12-7(3)11)8-5(14)6-4(19-8)2-18-21(16,17)20-6/h1,4-6,8,14H,2H2,(H,16,17)(H2,11,12,15)/p-1/t4?,5-,6?,8-/m1/s1. The molecule has 3 heterocycles. The second kappa shape index (κ2) is 4.83. The molecule has 3 N–H and O–H groups in total. The second-order valence-corrected chi connectivity index (χ2v) is 5.92. The van der Waals surface area contributed by atoms with Crippen LogP contribution in [-0.2, 0) is 18.3 Å². The van der Waals surface area contributed by atoms with Crippen molar-refractivity contribution in [2.45, 2.75) is 24.5 Å². The molecule has 1 aromatic heterocycles. The summed E-state index contributed by atoms with van der Waals surface area (Å²) in [6, 6.07) is -1.00. The summed E-state index contributed by atoms with van der Waals surface area (Å²) in [5.41, 5.74) is -0.833. The number of fused-ring (bicyclic) bond motifs is 1. The summed E-state index contributed by atoms with van der Waals surface area (Å²) in [5, 5.41) is 28.8. The molecule has 3 unspecified atom stereocenters. The molecule has 10 nitrogen and oxygen atoms in total. The van der Waals surface area contributed by atoms with Crippen LogP contribution in [0.1, 0.15) is 6.23 Å². The first-order chi connectivity index (χ1) is 9.78. The Balaban J connectivity index is 1.93. The molecule has 3 rings (SSSR count). The maximum Gasteiger partial charge on any atom is 0.472 e. The van der Waals surface area contributed by atoms with Crippen LogP contribution in [0.3, 0.4) is 0 Å². The molecule has 5 atom stereocenters. The number of nitrogens with zero attached hydrogens (tertiary/aromatic N) is 2. The zero-order chi connectivity index (χ0) is 15.4. The molecule has 0 radical (unpaired) electrons. The topological polar surface area (TPSA) is 150 Å². The summed E-state index contributed by atoms with van der Waals surface area (Å²) in [6.45, 7) is -0.326. The molecule has 1 aromatic rings. The quantitative estimate of drug-likeness (QED) is 0.520. The van der Waals surface area contributed by atoms with E-state index in [1.54, 1.807) is 0 Å². The van der Waals surface area contributed by atoms with Gasteiger partial charge in [0, 0.05) is 6.20 Å². The Labute approximate surface area is 116 Å². The van der Waals surface area contributed by atoms with Gasteiger partial charge in [0.1, 0.15) is 18.3 Å². The van der Waals surface area contributed by atoms with Gasteiger partial charge < -0.3 is 24.4 Å². The fraction of sp³-hybridized carbons (Fsp3) is 0.556. The van der Waals surface area contributed by atoms with Crippen LogP contribution in [-0.4, -0.2) is 44.5 Å². The van der Waals surface area contributed by atoms with Crippen LogP contribution in [0.25, 0.3) is 0 Å². The van der Waals surface area contributed by atoms with Crippen molar-refractivity contribution < 1.29 is 37.8 Å². The molecular formula is C9H10FN3O7P-. The average Bonchev–Trinajstić information content (AvgIpc) is 2.70. The monoisotopic (exact) mass is 322 g/mol. The molecule has 0 amide bonds. The SMILES string of the molecule is N=c1nc([O-])n([C@@H]2OC3COP(=O)(O)OC3[C@H]2O)cc1F. The summed E-state index contributed by atoms with van der Waals surface area (Å²) in [5.74, 6) is -1.08. The summed E-state index contributed by atoms with van der Waals surface area (Å²) in [6.07, 6.45) is -4.30. The third-order valence-electron chi connectivity index (χ3n) is 3.15. The van der Waals surface area contributed by atoms with Crippen molar-refractivity contribution in [3.05, 3.63) is 17.5 Å². The highest BCUT2D eigenvalue weighted by molar-refractivity contribution is 7.47. The Morgan fingerprint density at radius 1 is 1.62 bits per heavy atom. The number of rotatable bonds is 1. The van der Waals surface area contributed by atoms with E-state index in [-0.39, 0.29) is 6.61 Å². The second-order valence-electron chi connectivity index (χ2n) is 4.52. The number of hydrogen-bond donors (Lipinski definition) is 3. The number of ether oxygens (including phenoxy) is 1. The third-order valence-corrected chi connectivity index (χ3v) is 4.13. The van der Waals surface area contributed by atoms with E-state index in [2.05, 4.69) is 9.51 Å². The Kier molecular flexibility index (Phi) is 3.35. The molecule has 2 aliphatic heterocycles. The van der Waals surface area contributed by atoms with Gasteiger partial charge in [-0.2, -0.15) is 0 Å². The molecule has 2 saturated heterocycles. The normalized spacial score (nSPS) is 39.2. The summed E-state index contributed by atoms with van der Waals surface area (Å²) >= 11 is 0. The lowest BCUT2D eigenvalue weighted by atomic mass is 10.1. The van der Waals surface area contributed by atoms with Crippen LogP contribution in [0, 0.1) is 11.2 Å². The highest BCUT2D eigenvalue weighted by Gasteiger charge is 2.52. The van der Waals surface area contributed by atoms with E-state index >= 15 is 0 Å². The number of halogens is 1. The lowest BCUT2D eigenvalue weighted by Crippen LogP contribution is -2.39. The highest BCUT2D eigenvalue weighted by Crippen LogP contribution is 2.52. The molecule has 2 fully saturated rings. The van der Waals surface area contributed by atoms with Gasteiger partial charge in [0.05, 0.1) is 12.6 Å². The van der Waals surface area contributed by atoms with Crippen LogP contribution >= 0.6 is 7.82 Å². The Morgan fingerprint density at radius 2 is 2.33 bits per heavy atom. The van der Waals surface area contributed by atoms with E-state index in [9.17, 15) is 24.1 Å². The van der Waals surface area contributed by atoms with Crippen molar-refractivity contribution in [2.24, 2.45) is 0 Å². The highest BCUT2D eigenvalue weighted by atomic mass is 31.2. The summed E-state index contributed by atoms with van der Waals surface area (Å²) in [4.78, 5) is 12.3. The van der Waals surface area contributed by atoms with Crippen LogP contribution in [0.2, 0.25) is 0 Å². The number of phosphoric acid groups is 1. The van der Waals surface area contributed by atoms with Gasteiger partial charge in [-0.3, -0.25) is 14.5 Å². The summed E-state index contributed by atoms with van der Waals surface area (Å²) < 4.78 is 39.8. The number of phosphoric ester groups is 1. The number of aliphatic hydroxyl groups is 1. The van der Waals surface area contributed by atoms with Gasteiger partial charge in [-0.1, -0.05) is 0 Å². The molecule has 21 heavy (non-hydrogen) atoms. The van der Waals surface area contributed by atoms with Crippen molar-refractivity contribution in [1.82, 2.24) is 9.55 Å². The van der Waals surface area contributed by atoms with E-state index in [4.69, 9.17) is 14.7 Å². The van der Waals surface area contributed by atoms with E-state index < -0.39 is 49.7 Å². The molecule has 0 aromatic carbocycles. The number of aromatic nitrogens is 2. The van der Waals surface area contributed by atoms with Crippen LogP contribution < -0.4 is 10.6 Å². The largest absolute Gasteiger partial charge is 0.846 e. The zero-order valence-corrected chi connectivity index (χ0v) is 11.1. The number of aliphatic hydroxyl groups excluding tert-OH is 1. The molecule has 12 heteroatoms. The van der Waals surface area contributed by atoms with Crippen LogP contribution in [0.5, 0.6) is 6.01 Å². The third kappa shape index (κ3) is 2.48. The zero-order valence-electron chi connectivity index (χ0n) is 10.2. The Bertz CT molecular complexity index is 682. The first-order valence-electron chi connectivity index (χ1n) is 5.78. The molecule has 0 aliphatic carbocycles. The van der Waals surface area contributed by atoms with Crippen molar-refractivity contribution in [3.8, 4) is 6.01 Å². The smallest absolute Gasteiger partial charge is 0.472 e. The van der Waals surface area contributed by atoms with Gasteiger partial charge in [-0.25, -0.2) is 13.9 Å². The molecule has 0 saturated carbocycles. The van der Waals surface area contributed by atoms with Crippen molar-refractivity contribution in [2.75, 3.05) is 6.61 Å². The first-order valence-corrected chi connectivity index (χ1v) is 7.27. The maximum absolute atomic E-state index is 13.3. The predicted molar refractivity (Wildman–Crippen MR) is 58.1 cm³/mol. The first kappa shape index (κ1) is 14.6. The van der Waals surface area contributed by atoms with Gasteiger partial charge in [0.2, 0.25) is 0 Å².